The second-order valence-corrected chi connectivity index (χ2v) is 5.99. The Kier molecular flexibility index (Phi) is 5.22. The van der Waals surface area contributed by atoms with Crippen molar-refractivity contribution in [3.8, 4) is 0 Å². The highest BCUT2D eigenvalue weighted by Gasteiger charge is 2.55. The number of rotatable bonds is 6. The van der Waals surface area contributed by atoms with Crippen molar-refractivity contribution in [2.75, 3.05) is 13.2 Å². The molecule has 2 atom stereocenters. The van der Waals surface area contributed by atoms with E-state index in [1.807, 2.05) is 0 Å². The van der Waals surface area contributed by atoms with Crippen LogP contribution in [-0.2, 0) is 9.53 Å². The molecule has 0 heterocycles. The standard InChI is InChI=1S/C15H28N2O2/c1-2-19-13-11-12(17-14(18)7-6-10-16)15(13)8-4-3-5-9-15/h12-13H,2-11,16H2,1H3,(H,17,18). The van der Waals surface area contributed by atoms with Gasteiger partial charge in [0.1, 0.15) is 0 Å². The van der Waals surface area contributed by atoms with Gasteiger partial charge in [-0.2, -0.15) is 0 Å². The third-order valence-electron chi connectivity index (χ3n) is 4.88. The van der Waals surface area contributed by atoms with E-state index in [0.29, 0.717) is 25.1 Å². The molecule has 2 aliphatic carbocycles. The number of carbonyl (C=O) groups excluding carboxylic acids is 1. The molecule has 0 radical (unpaired) electrons. The van der Waals surface area contributed by atoms with Gasteiger partial charge in [-0.05, 0) is 39.2 Å². The lowest BCUT2D eigenvalue weighted by atomic mass is 9.55. The summed E-state index contributed by atoms with van der Waals surface area (Å²) < 4.78 is 5.89. The van der Waals surface area contributed by atoms with E-state index in [9.17, 15) is 4.79 Å². The maximum Gasteiger partial charge on any atom is 0.220 e. The Morgan fingerprint density at radius 2 is 2.11 bits per heavy atom. The fourth-order valence-corrected chi connectivity index (χ4v) is 3.79. The van der Waals surface area contributed by atoms with Gasteiger partial charge in [-0.25, -0.2) is 0 Å². The van der Waals surface area contributed by atoms with Crippen molar-refractivity contribution in [3.05, 3.63) is 0 Å². The molecule has 0 saturated heterocycles. The zero-order chi connectivity index (χ0) is 13.7. The third kappa shape index (κ3) is 3.11. The van der Waals surface area contributed by atoms with Gasteiger partial charge in [-0.15, -0.1) is 0 Å². The van der Waals surface area contributed by atoms with Gasteiger partial charge in [0.05, 0.1) is 6.10 Å². The van der Waals surface area contributed by atoms with Gasteiger partial charge in [0.2, 0.25) is 5.91 Å². The Hall–Kier alpha value is -0.610. The van der Waals surface area contributed by atoms with E-state index in [-0.39, 0.29) is 11.3 Å². The second kappa shape index (κ2) is 6.71. The highest BCUT2D eigenvalue weighted by molar-refractivity contribution is 5.76. The van der Waals surface area contributed by atoms with Crippen LogP contribution < -0.4 is 11.1 Å². The van der Waals surface area contributed by atoms with Crippen LogP contribution in [0.1, 0.15) is 58.3 Å². The molecule has 1 spiro atoms. The quantitative estimate of drug-likeness (QED) is 0.774. The molecule has 0 aromatic rings. The van der Waals surface area contributed by atoms with Crippen LogP contribution in [0.2, 0.25) is 0 Å². The summed E-state index contributed by atoms with van der Waals surface area (Å²) in [4.78, 5) is 11.9. The first-order chi connectivity index (χ1) is 9.23. The van der Waals surface area contributed by atoms with E-state index in [1.54, 1.807) is 0 Å². The summed E-state index contributed by atoms with van der Waals surface area (Å²) in [5.74, 6) is 0.162. The van der Waals surface area contributed by atoms with Gasteiger partial charge in [0.25, 0.3) is 0 Å². The molecule has 0 aromatic heterocycles. The van der Waals surface area contributed by atoms with Crippen LogP contribution in [0.3, 0.4) is 0 Å². The number of hydrogen-bond donors (Lipinski definition) is 2. The van der Waals surface area contributed by atoms with Gasteiger partial charge in [-0.3, -0.25) is 4.79 Å². The average Bonchev–Trinajstić information content (AvgIpc) is 2.45. The topological polar surface area (TPSA) is 64.3 Å². The van der Waals surface area contributed by atoms with Gasteiger partial charge in [-0.1, -0.05) is 19.3 Å². The molecule has 0 bridgehead atoms. The molecule has 2 unspecified atom stereocenters. The highest BCUT2D eigenvalue weighted by atomic mass is 16.5. The predicted molar refractivity (Wildman–Crippen MR) is 75.8 cm³/mol. The van der Waals surface area contributed by atoms with E-state index >= 15 is 0 Å². The molecule has 110 valence electrons. The second-order valence-electron chi connectivity index (χ2n) is 5.99. The Balaban J connectivity index is 1.91. The lowest BCUT2D eigenvalue weighted by Gasteiger charge is -2.57. The molecular weight excluding hydrogens is 240 g/mol. The fraction of sp³-hybridized carbons (Fsp3) is 0.933. The molecule has 2 aliphatic rings. The zero-order valence-electron chi connectivity index (χ0n) is 12.1. The van der Waals surface area contributed by atoms with Crippen molar-refractivity contribution < 1.29 is 9.53 Å². The molecule has 1 amide bonds. The van der Waals surface area contributed by atoms with Gasteiger partial charge in [0, 0.05) is 24.5 Å². The lowest BCUT2D eigenvalue weighted by molar-refractivity contribution is -0.157. The first-order valence-electron chi connectivity index (χ1n) is 7.84. The minimum Gasteiger partial charge on any atom is -0.378 e. The Morgan fingerprint density at radius 3 is 2.74 bits per heavy atom. The Labute approximate surface area is 116 Å². The summed E-state index contributed by atoms with van der Waals surface area (Å²) in [6.45, 7) is 3.43. The van der Waals surface area contributed by atoms with Crippen LogP contribution in [0.5, 0.6) is 0 Å². The van der Waals surface area contributed by atoms with E-state index in [1.165, 1.54) is 32.1 Å². The minimum atomic E-state index is 0.162. The maximum atomic E-state index is 11.9. The lowest BCUT2D eigenvalue weighted by Crippen LogP contribution is -2.65. The predicted octanol–water partition coefficient (Wildman–Crippen LogP) is 1.97. The average molecular weight is 268 g/mol. The number of amides is 1. The van der Waals surface area contributed by atoms with Crippen LogP contribution in [-0.4, -0.2) is 31.2 Å². The van der Waals surface area contributed by atoms with E-state index in [2.05, 4.69) is 12.2 Å². The molecule has 0 aromatic carbocycles. The summed E-state index contributed by atoms with van der Waals surface area (Å²) in [7, 11) is 0. The van der Waals surface area contributed by atoms with Gasteiger partial charge >= 0.3 is 0 Å². The molecular formula is C15H28N2O2. The van der Waals surface area contributed by atoms with E-state index in [0.717, 1.165) is 19.4 Å². The Bertz CT molecular complexity index is 301. The molecule has 3 N–H and O–H groups in total. The summed E-state index contributed by atoms with van der Waals surface area (Å²) in [6, 6.07) is 0.328. The van der Waals surface area contributed by atoms with Crippen molar-refractivity contribution in [2.24, 2.45) is 11.1 Å². The van der Waals surface area contributed by atoms with Crippen LogP contribution in [0, 0.1) is 5.41 Å². The van der Waals surface area contributed by atoms with Crippen LogP contribution in [0.15, 0.2) is 0 Å². The van der Waals surface area contributed by atoms with Crippen molar-refractivity contribution in [3.63, 3.8) is 0 Å². The smallest absolute Gasteiger partial charge is 0.220 e. The molecule has 2 rings (SSSR count). The summed E-state index contributed by atoms with van der Waals surface area (Å²) in [5, 5.41) is 3.23. The van der Waals surface area contributed by atoms with Crippen molar-refractivity contribution in [2.45, 2.75) is 70.4 Å². The van der Waals surface area contributed by atoms with Crippen LogP contribution in [0.4, 0.5) is 0 Å². The van der Waals surface area contributed by atoms with Crippen LogP contribution in [0.25, 0.3) is 0 Å². The van der Waals surface area contributed by atoms with Crippen molar-refractivity contribution >= 4 is 5.91 Å². The number of ether oxygens (including phenoxy) is 1. The summed E-state index contributed by atoms with van der Waals surface area (Å²) in [5.41, 5.74) is 5.68. The first-order valence-corrected chi connectivity index (χ1v) is 7.84. The van der Waals surface area contributed by atoms with Gasteiger partial charge in [0.15, 0.2) is 0 Å². The highest BCUT2D eigenvalue weighted by Crippen LogP contribution is 2.53. The maximum absolute atomic E-state index is 11.9. The van der Waals surface area contributed by atoms with Crippen molar-refractivity contribution in [1.82, 2.24) is 5.32 Å². The number of carbonyl (C=O) groups is 1. The molecule has 0 aliphatic heterocycles. The zero-order valence-corrected chi connectivity index (χ0v) is 12.1. The first kappa shape index (κ1) is 14.8. The third-order valence-corrected chi connectivity index (χ3v) is 4.88. The number of hydrogen-bond acceptors (Lipinski definition) is 3. The SMILES string of the molecule is CCOC1CC(NC(=O)CCCN)C12CCCCC2. The van der Waals surface area contributed by atoms with E-state index in [4.69, 9.17) is 10.5 Å². The van der Waals surface area contributed by atoms with Crippen molar-refractivity contribution in [1.29, 1.82) is 0 Å². The van der Waals surface area contributed by atoms with E-state index < -0.39 is 0 Å². The summed E-state index contributed by atoms with van der Waals surface area (Å²) in [6.07, 6.45) is 8.98. The largest absolute Gasteiger partial charge is 0.378 e. The number of nitrogens with one attached hydrogen (secondary N) is 1. The monoisotopic (exact) mass is 268 g/mol. The fourth-order valence-electron chi connectivity index (χ4n) is 3.79. The molecule has 2 fully saturated rings. The number of nitrogens with two attached hydrogens (primary N) is 1. The van der Waals surface area contributed by atoms with Gasteiger partial charge < -0.3 is 15.8 Å². The molecule has 4 heteroatoms. The Morgan fingerprint density at radius 1 is 1.37 bits per heavy atom. The summed E-state index contributed by atoms with van der Waals surface area (Å²) >= 11 is 0. The molecule has 2 saturated carbocycles. The molecule has 19 heavy (non-hydrogen) atoms. The molecule has 4 nitrogen and oxygen atoms in total. The van der Waals surface area contributed by atoms with Crippen LogP contribution >= 0.6 is 0 Å². The minimum absolute atomic E-state index is 0.162. The normalized spacial score (nSPS) is 28.9.